The normalized spacial score (nSPS) is 33.7. The number of rotatable bonds is 0. The highest BCUT2D eigenvalue weighted by Gasteiger charge is 2.52. The summed E-state index contributed by atoms with van der Waals surface area (Å²) in [5.41, 5.74) is 3.01. The van der Waals surface area contributed by atoms with Crippen LogP contribution in [0.2, 0.25) is 0 Å². The van der Waals surface area contributed by atoms with Crippen LogP contribution in [-0.4, -0.2) is 10.5 Å². The predicted octanol–water partition coefficient (Wildman–Crippen LogP) is 4.02. The van der Waals surface area contributed by atoms with E-state index in [-0.39, 0.29) is 0 Å². The summed E-state index contributed by atoms with van der Waals surface area (Å²) in [6, 6.07) is 18.8. The first-order valence-corrected chi connectivity index (χ1v) is 8.45. The fourth-order valence-corrected chi connectivity index (χ4v) is 6.75. The summed E-state index contributed by atoms with van der Waals surface area (Å²) in [6.07, 6.45) is 0. The van der Waals surface area contributed by atoms with E-state index in [1.54, 1.807) is 0 Å². The standard InChI is InChI=1S/C16H13NS2/c1-3-7-11-9(5-1)13-15(18-11)16-14(17-13)10-6-2-4-8-12(10)19-16/h1-8,13-17H. The van der Waals surface area contributed by atoms with Crippen molar-refractivity contribution < 1.29 is 0 Å². The SMILES string of the molecule is c1ccc2c(c1)SC1C2NC2c3ccccc3SC21. The van der Waals surface area contributed by atoms with E-state index in [9.17, 15) is 0 Å². The van der Waals surface area contributed by atoms with Gasteiger partial charge in [0.15, 0.2) is 0 Å². The molecular formula is C16H13NS2. The van der Waals surface area contributed by atoms with Gasteiger partial charge in [0, 0.05) is 32.4 Å². The number of fused-ring (bicyclic) bond motifs is 7. The molecule has 4 atom stereocenters. The van der Waals surface area contributed by atoms with Gasteiger partial charge in [0.2, 0.25) is 0 Å². The third-order valence-electron chi connectivity index (χ3n) is 4.37. The maximum atomic E-state index is 3.89. The van der Waals surface area contributed by atoms with Crippen molar-refractivity contribution in [1.82, 2.24) is 5.32 Å². The lowest BCUT2D eigenvalue weighted by Crippen LogP contribution is -2.18. The molecule has 0 amide bonds. The zero-order valence-corrected chi connectivity index (χ0v) is 11.9. The van der Waals surface area contributed by atoms with Crippen LogP contribution in [0.3, 0.4) is 0 Å². The Morgan fingerprint density at radius 3 is 1.68 bits per heavy atom. The Morgan fingerprint density at radius 1 is 0.684 bits per heavy atom. The van der Waals surface area contributed by atoms with Gasteiger partial charge in [0.25, 0.3) is 0 Å². The second-order valence-corrected chi connectivity index (χ2v) is 7.80. The highest BCUT2D eigenvalue weighted by atomic mass is 32.2. The molecule has 0 saturated carbocycles. The number of benzene rings is 2. The van der Waals surface area contributed by atoms with E-state index >= 15 is 0 Å². The quantitative estimate of drug-likeness (QED) is 0.784. The van der Waals surface area contributed by atoms with Gasteiger partial charge >= 0.3 is 0 Å². The molecule has 19 heavy (non-hydrogen) atoms. The van der Waals surface area contributed by atoms with E-state index in [2.05, 4.69) is 77.4 Å². The number of nitrogens with one attached hydrogen (secondary N) is 1. The van der Waals surface area contributed by atoms with Crippen LogP contribution in [-0.2, 0) is 0 Å². The highest BCUT2D eigenvalue weighted by molar-refractivity contribution is 8.04. The molecule has 1 fully saturated rings. The molecular weight excluding hydrogens is 270 g/mol. The Kier molecular flexibility index (Phi) is 2.17. The largest absolute Gasteiger partial charge is 0.301 e. The van der Waals surface area contributed by atoms with E-state index in [1.807, 2.05) is 0 Å². The summed E-state index contributed by atoms with van der Waals surface area (Å²) in [7, 11) is 0. The molecule has 0 aliphatic carbocycles. The Hall–Kier alpha value is -0.900. The molecule has 3 heteroatoms. The smallest absolute Gasteiger partial charge is 0.0472 e. The predicted molar refractivity (Wildman–Crippen MR) is 80.8 cm³/mol. The van der Waals surface area contributed by atoms with Crippen molar-refractivity contribution in [2.75, 3.05) is 0 Å². The summed E-state index contributed by atoms with van der Waals surface area (Å²) in [5, 5.41) is 5.25. The molecule has 1 nitrogen and oxygen atoms in total. The molecule has 2 aromatic carbocycles. The minimum atomic E-state index is 0.539. The van der Waals surface area contributed by atoms with Crippen LogP contribution in [0.25, 0.3) is 0 Å². The molecule has 0 radical (unpaired) electrons. The molecule has 1 saturated heterocycles. The Labute approximate surface area is 121 Å². The van der Waals surface area contributed by atoms with Crippen LogP contribution in [0.1, 0.15) is 23.2 Å². The zero-order valence-electron chi connectivity index (χ0n) is 10.2. The first-order valence-electron chi connectivity index (χ1n) is 6.69. The fourth-order valence-electron chi connectivity index (χ4n) is 3.55. The van der Waals surface area contributed by atoms with E-state index < -0.39 is 0 Å². The summed E-state index contributed by atoms with van der Waals surface area (Å²) < 4.78 is 0. The van der Waals surface area contributed by atoms with E-state index in [4.69, 9.17) is 0 Å². The van der Waals surface area contributed by atoms with Crippen LogP contribution in [0.4, 0.5) is 0 Å². The zero-order chi connectivity index (χ0) is 12.4. The molecule has 0 spiro atoms. The summed E-state index contributed by atoms with van der Waals surface area (Å²) in [6.45, 7) is 0. The van der Waals surface area contributed by atoms with Crippen molar-refractivity contribution in [2.24, 2.45) is 0 Å². The van der Waals surface area contributed by atoms with Crippen LogP contribution in [0, 0.1) is 0 Å². The second-order valence-electron chi connectivity index (χ2n) is 5.36. The molecule has 3 aliphatic heterocycles. The summed E-state index contributed by atoms with van der Waals surface area (Å²) in [5.74, 6) is 0. The first-order chi connectivity index (χ1) is 9.42. The van der Waals surface area contributed by atoms with Crippen molar-refractivity contribution in [2.45, 2.75) is 32.4 Å². The molecule has 94 valence electrons. The average Bonchev–Trinajstić information content (AvgIpc) is 3.07. The lowest BCUT2D eigenvalue weighted by molar-refractivity contribution is 0.576. The number of hydrogen-bond acceptors (Lipinski definition) is 3. The Balaban J connectivity index is 1.58. The van der Waals surface area contributed by atoms with E-state index in [0.29, 0.717) is 22.6 Å². The monoisotopic (exact) mass is 283 g/mol. The van der Waals surface area contributed by atoms with Crippen molar-refractivity contribution in [1.29, 1.82) is 0 Å². The molecule has 4 unspecified atom stereocenters. The molecule has 0 aromatic heterocycles. The van der Waals surface area contributed by atoms with Gasteiger partial charge in [-0.3, -0.25) is 0 Å². The van der Waals surface area contributed by atoms with Crippen molar-refractivity contribution in [3.63, 3.8) is 0 Å². The Bertz CT molecular complexity index is 612. The molecule has 1 N–H and O–H groups in total. The van der Waals surface area contributed by atoms with Crippen LogP contribution < -0.4 is 5.32 Å². The van der Waals surface area contributed by atoms with Gasteiger partial charge in [-0.15, -0.1) is 23.5 Å². The van der Waals surface area contributed by atoms with Gasteiger partial charge in [-0.1, -0.05) is 36.4 Å². The first kappa shape index (κ1) is 10.8. The number of hydrogen-bond donors (Lipinski definition) is 1. The van der Waals surface area contributed by atoms with E-state index in [0.717, 1.165) is 0 Å². The van der Waals surface area contributed by atoms with Gasteiger partial charge in [-0.25, -0.2) is 0 Å². The summed E-state index contributed by atoms with van der Waals surface area (Å²) >= 11 is 4.14. The van der Waals surface area contributed by atoms with Gasteiger partial charge in [-0.2, -0.15) is 0 Å². The molecule has 0 bridgehead atoms. The lowest BCUT2D eigenvalue weighted by Gasteiger charge is -2.13. The maximum absolute atomic E-state index is 3.89. The fraction of sp³-hybridized carbons (Fsp3) is 0.250. The van der Waals surface area contributed by atoms with E-state index in [1.165, 1.54) is 20.9 Å². The van der Waals surface area contributed by atoms with Gasteiger partial charge < -0.3 is 5.32 Å². The number of thioether (sulfide) groups is 2. The minimum Gasteiger partial charge on any atom is -0.301 e. The highest BCUT2D eigenvalue weighted by Crippen LogP contribution is 2.60. The van der Waals surface area contributed by atoms with Crippen molar-refractivity contribution >= 4 is 23.5 Å². The summed E-state index contributed by atoms with van der Waals surface area (Å²) in [4.78, 5) is 2.94. The second kappa shape index (κ2) is 3.81. The molecule has 3 heterocycles. The van der Waals surface area contributed by atoms with Crippen LogP contribution in [0.5, 0.6) is 0 Å². The van der Waals surface area contributed by atoms with Gasteiger partial charge in [0.1, 0.15) is 0 Å². The third-order valence-corrected chi connectivity index (χ3v) is 7.47. The molecule has 2 aromatic rings. The molecule has 3 aliphatic rings. The maximum Gasteiger partial charge on any atom is 0.0472 e. The topological polar surface area (TPSA) is 12.0 Å². The van der Waals surface area contributed by atoms with Crippen molar-refractivity contribution in [3.8, 4) is 0 Å². The minimum absolute atomic E-state index is 0.539. The molecule has 5 rings (SSSR count). The third kappa shape index (κ3) is 1.38. The average molecular weight is 283 g/mol. The van der Waals surface area contributed by atoms with Crippen molar-refractivity contribution in [3.05, 3.63) is 59.7 Å². The van der Waals surface area contributed by atoms with Crippen LogP contribution >= 0.6 is 23.5 Å². The van der Waals surface area contributed by atoms with Gasteiger partial charge in [0.05, 0.1) is 0 Å². The Morgan fingerprint density at radius 2 is 1.16 bits per heavy atom. The van der Waals surface area contributed by atoms with Gasteiger partial charge in [-0.05, 0) is 23.3 Å². The lowest BCUT2D eigenvalue weighted by atomic mass is 10.0. The van der Waals surface area contributed by atoms with Crippen LogP contribution in [0.15, 0.2) is 58.3 Å².